The highest BCUT2D eigenvalue weighted by molar-refractivity contribution is 6.00. The molecule has 0 atom stereocenters. The van der Waals surface area contributed by atoms with Crippen molar-refractivity contribution >= 4 is 29.0 Å². The fourth-order valence-corrected chi connectivity index (χ4v) is 2.54. The lowest BCUT2D eigenvalue weighted by Crippen LogP contribution is -2.24. The van der Waals surface area contributed by atoms with Crippen molar-refractivity contribution in [3.05, 3.63) is 54.1 Å². The van der Waals surface area contributed by atoms with Gasteiger partial charge in [-0.05, 0) is 42.8 Å². The molecule has 0 unspecified atom stereocenters. The standard InChI is InChI=1S/C17H15F2N3O2/c18-13-3-1-4-14(19)16(13)21-17(24)20-11-6-8-12(9-7-11)22-10-2-5-15(22)23/h1,3-4,6-9H,2,5,10H2,(H2,20,21,24). The second-order valence-electron chi connectivity index (χ2n) is 5.37. The van der Waals surface area contributed by atoms with Crippen molar-refractivity contribution < 1.29 is 18.4 Å². The fraction of sp³-hybridized carbons (Fsp3) is 0.176. The van der Waals surface area contributed by atoms with E-state index < -0.39 is 23.4 Å². The van der Waals surface area contributed by atoms with Crippen molar-refractivity contribution in [2.75, 3.05) is 22.1 Å². The molecule has 0 aliphatic carbocycles. The topological polar surface area (TPSA) is 61.4 Å². The molecular formula is C17H15F2N3O2. The molecule has 2 aromatic carbocycles. The van der Waals surface area contributed by atoms with Crippen molar-refractivity contribution in [1.82, 2.24) is 0 Å². The molecule has 124 valence electrons. The monoisotopic (exact) mass is 331 g/mol. The second kappa shape index (κ2) is 6.66. The lowest BCUT2D eigenvalue weighted by atomic mass is 10.2. The van der Waals surface area contributed by atoms with E-state index in [1.165, 1.54) is 6.07 Å². The summed E-state index contributed by atoms with van der Waals surface area (Å²) in [5, 5.41) is 4.63. The number of amides is 3. The summed E-state index contributed by atoms with van der Waals surface area (Å²) in [4.78, 5) is 25.2. The molecule has 1 aliphatic rings. The van der Waals surface area contributed by atoms with Crippen LogP contribution < -0.4 is 15.5 Å². The van der Waals surface area contributed by atoms with E-state index in [0.717, 1.165) is 24.2 Å². The molecule has 7 heteroatoms. The Morgan fingerprint density at radius 3 is 2.25 bits per heavy atom. The zero-order valence-corrected chi connectivity index (χ0v) is 12.7. The first-order chi connectivity index (χ1) is 11.5. The first kappa shape index (κ1) is 15.9. The predicted octanol–water partition coefficient (Wildman–Crippen LogP) is 3.74. The summed E-state index contributed by atoms with van der Waals surface area (Å²) in [6, 6.07) is 9.23. The van der Waals surface area contributed by atoms with Crippen LogP contribution in [-0.2, 0) is 4.79 Å². The van der Waals surface area contributed by atoms with E-state index in [-0.39, 0.29) is 5.91 Å². The van der Waals surface area contributed by atoms with Gasteiger partial charge in [0.15, 0.2) is 0 Å². The summed E-state index contributed by atoms with van der Waals surface area (Å²) >= 11 is 0. The van der Waals surface area contributed by atoms with Gasteiger partial charge in [-0.2, -0.15) is 0 Å². The molecule has 0 spiro atoms. The van der Waals surface area contributed by atoms with Gasteiger partial charge in [0.05, 0.1) is 0 Å². The lowest BCUT2D eigenvalue weighted by molar-refractivity contribution is -0.117. The SMILES string of the molecule is O=C(Nc1ccc(N2CCCC2=O)cc1)Nc1c(F)cccc1F. The number of carbonyl (C=O) groups is 2. The third kappa shape index (κ3) is 3.34. The van der Waals surface area contributed by atoms with Crippen molar-refractivity contribution in [1.29, 1.82) is 0 Å². The summed E-state index contributed by atoms with van der Waals surface area (Å²) in [5.41, 5.74) is 0.692. The zero-order valence-electron chi connectivity index (χ0n) is 12.7. The van der Waals surface area contributed by atoms with Crippen LogP contribution in [-0.4, -0.2) is 18.5 Å². The highest BCUT2D eigenvalue weighted by Crippen LogP contribution is 2.23. The molecule has 2 N–H and O–H groups in total. The summed E-state index contributed by atoms with van der Waals surface area (Å²) in [6.07, 6.45) is 1.37. The van der Waals surface area contributed by atoms with Gasteiger partial charge in [0.2, 0.25) is 5.91 Å². The van der Waals surface area contributed by atoms with Crippen LogP contribution in [0.5, 0.6) is 0 Å². The first-order valence-electron chi connectivity index (χ1n) is 7.47. The van der Waals surface area contributed by atoms with Crippen LogP contribution in [0.15, 0.2) is 42.5 Å². The number of hydrogen-bond acceptors (Lipinski definition) is 2. The van der Waals surface area contributed by atoms with Gasteiger partial charge in [0.25, 0.3) is 0 Å². The molecule has 3 rings (SSSR count). The number of nitrogens with one attached hydrogen (secondary N) is 2. The molecule has 0 saturated carbocycles. The van der Waals surface area contributed by atoms with Crippen LogP contribution in [0, 0.1) is 11.6 Å². The van der Waals surface area contributed by atoms with Crippen LogP contribution in [0.2, 0.25) is 0 Å². The average molecular weight is 331 g/mol. The van der Waals surface area contributed by atoms with E-state index in [9.17, 15) is 18.4 Å². The Hall–Kier alpha value is -2.96. The third-order valence-corrected chi connectivity index (χ3v) is 3.71. The van der Waals surface area contributed by atoms with E-state index >= 15 is 0 Å². The van der Waals surface area contributed by atoms with Gasteiger partial charge in [-0.15, -0.1) is 0 Å². The third-order valence-electron chi connectivity index (χ3n) is 3.71. The van der Waals surface area contributed by atoms with Crippen molar-refractivity contribution in [3.63, 3.8) is 0 Å². The number of rotatable bonds is 3. The summed E-state index contributed by atoms with van der Waals surface area (Å²) in [7, 11) is 0. The average Bonchev–Trinajstić information content (AvgIpc) is 2.98. The molecule has 24 heavy (non-hydrogen) atoms. The molecule has 1 heterocycles. The predicted molar refractivity (Wildman–Crippen MR) is 87.0 cm³/mol. The van der Waals surface area contributed by atoms with E-state index in [0.29, 0.717) is 18.7 Å². The van der Waals surface area contributed by atoms with E-state index in [2.05, 4.69) is 10.6 Å². The number of halogens is 2. The molecular weight excluding hydrogens is 316 g/mol. The Morgan fingerprint density at radius 1 is 1.00 bits per heavy atom. The summed E-state index contributed by atoms with van der Waals surface area (Å²) in [6.45, 7) is 0.679. The number of anilines is 3. The Balaban J connectivity index is 1.65. The maximum Gasteiger partial charge on any atom is 0.323 e. The van der Waals surface area contributed by atoms with E-state index in [1.807, 2.05) is 0 Å². The minimum absolute atomic E-state index is 0.0727. The number of para-hydroxylation sites is 1. The molecule has 0 radical (unpaired) electrons. The maximum atomic E-state index is 13.5. The minimum atomic E-state index is -0.854. The van der Waals surface area contributed by atoms with Crippen LogP contribution >= 0.6 is 0 Å². The normalized spacial score (nSPS) is 13.9. The minimum Gasteiger partial charge on any atom is -0.312 e. The van der Waals surface area contributed by atoms with Gasteiger partial charge in [-0.3, -0.25) is 4.79 Å². The molecule has 2 aromatic rings. The van der Waals surface area contributed by atoms with E-state index in [1.54, 1.807) is 29.2 Å². The summed E-state index contributed by atoms with van der Waals surface area (Å²) in [5.74, 6) is -1.63. The van der Waals surface area contributed by atoms with Gasteiger partial charge in [0, 0.05) is 24.3 Å². The first-order valence-corrected chi connectivity index (χ1v) is 7.47. The number of nitrogens with zero attached hydrogens (tertiary/aromatic N) is 1. The zero-order chi connectivity index (χ0) is 17.1. The molecule has 5 nitrogen and oxygen atoms in total. The number of carbonyl (C=O) groups excluding carboxylic acids is 2. The molecule has 1 aliphatic heterocycles. The number of hydrogen-bond donors (Lipinski definition) is 2. The van der Waals surface area contributed by atoms with Crippen LogP contribution in [0.4, 0.5) is 30.6 Å². The molecule has 0 bridgehead atoms. The smallest absolute Gasteiger partial charge is 0.312 e. The van der Waals surface area contributed by atoms with Crippen molar-refractivity contribution in [3.8, 4) is 0 Å². The Kier molecular flexibility index (Phi) is 4.41. The second-order valence-corrected chi connectivity index (χ2v) is 5.37. The molecule has 1 fully saturated rings. The van der Waals surface area contributed by atoms with Crippen molar-refractivity contribution in [2.45, 2.75) is 12.8 Å². The highest BCUT2D eigenvalue weighted by Gasteiger charge is 2.21. The lowest BCUT2D eigenvalue weighted by Gasteiger charge is -2.16. The van der Waals surface area contributed by atoms with Gasteiger partial charge < -0.3 is 15.5 Å². The number of urea groups is 1. The van der Waals surface area contributed by atoms with Crippen LogP contribution in [0.25, 0.3) is 0 Å². The van der Waals surface area contributed by atoms with Gasteiger partial charge >= 0.3 is 6.03 Å². The van der Waals surface area contributed by atoms with Gasteiger partial charge in [0.1, 0.15) is 17.3 Å². The van der Waals surface area contributed by atoms with Crippen LogP contribution in [0.1, 0.15) is 12.8 Å². The Morgan fingerprint density at radius 2 is 1.67 bits per heavy atom. The van der Waals surface area contributed by atoms with Gasteiger partial charge in [-0.1, -0.05) is 6.07 Å². The number of benzene rings is 2. The quantitative estimate of drug-likeness (QED) is 0.900. The maximum absolute atomic E-state index is 13.5. The Bertz CT molecular complexity index is 758. The summed E-state index contributed by atoms with van der Waals surface area (Å²) < 4.78 is 27.0. The largest absolute Gasteiger partial charge is 0.323 e. The van der Waals surface area contributed by atoms with Gasteiger partial charge in [-0.25, -0.2) is 13.6 Å². The highest BCUT2D eigenvalue weighted by atomic mass is 19.1. The fourth-order valence-electron chi connectivity index (χ4n) is 2.54. The molecule has 3 amide bonds. The molecule has 1 saturated heterocycles. The molecule has 0 aromatic heterocycles. The Labute approximate surface area is 137 Å². The van der Waals surface area contributed by atoms with Crippen molar-refractivity contribution in [2.24, 2.45) is 0 Å². The van der Waals surface area contributed by atoms with Crippen LogP contribution in [0.3, 0.4) is 0 Å². The van der Waals surface area contributed by atoms with E-state index in [4.69, 9.17) is 0 Å².